The van der Waals surface area contributed by atoms with Crippen molar-refractivity contribution in [2.75, 3.05) is 18.5 Å². The van der Waals surface area contributed by atoms with Gasteiger partial charge in [0.05, 0.1) is 17.9 Å². The number of rotatable bonds is 5. The minimum Gasteiger partial charge on any atom is -0.462 e. The van der Waals surface area contributed by atoms with E-state index in [1.807, 2.05) is 0 Å². The SMILES string of the molecule is CCOC(=O)c1cnc(NCC2CCC(=O)N2)nc1C. The Kier molecular flexibility index (Phi) is 4.49. The number of carbonyl (C=O) groups is 2. The molecule has 0 saturated carbocycles. The maximum atomic E-state index is 11.6. The molecule has 1 aromatic rings. The minimum absolute atomic E-state index is 0.0755. The highest BCUT2D eigenvalue weighted by Gasteiger charge is 2.20. The molecule has 1 aliphatic heterocycles. The van der Waals surface area contributed by atoms with Gasteiger partial charge in [-0.3, -0.25) is 4.79 Å². The van der Waals surface area contributed by atoms with E-state index in [2.05, 4.69) is 20.6 Å². The molecule has 2 rings (SSSR count). The predicted molar refractivity (Wildman–Crippen MR) is 72.4 cm³/mol. The molecule has 2 N–H and O–H groups in total. The number of esters is 1. The third kappa shape index (κ3) is 3.43. The fourth-order valence-electron chi connectivity index (χ4n) is 2.01. The topological polar surface area (TPSA) is 93.2 Å². The highest BCUT2D eigenvalue weighted by Crippen LogP contribution is 2.10. The molecule has 1 saturated heterocycles. The molecule has 108 valence electrons. The molecule has 0 spiro atoms. The molecule has 20 heavy (non-hydrogen) atoms. The summed E-state index contributed by atoms with van der Waals surface area (Å²) in [6.45, 7) is 4.37. The van der Waals surface area contributed by atoms with Crippen molar-refractivity contribution >= 4 is 17.8 Å². The highest BCUT2D eigenvalue weighted by molar-refractivity contribution is 5.90. The third-order valence-corrected chi connectivity index (χ3v) is 3.07. The Morgan fingerprint density at radius 1 is 1.60 bits per heavy atom. The fourth-order valence-corrected chi connectivity index (χ4v) is 2.01. The van der Waals surface area contributed by atoms with E-state index < -0.39 is 5.97 Å². The summed E-state index contributed by atoms with van der Waals surface area (Å²) >= 11 is 0. The number of hydrogen-bond acceptors (Lipinski definition) is 6. The zero-order valence-electron chi connectivity index (χ0n) is 11.6. The van der Waals surface area contributed by atoms with Gasteiger partial charge in [-0.15, -0.1) is 0 Å². The zero-order valence-corrected chi connectivity index (χ0v) is 11.6. The van der Waals surface area contributed by atoms with Gasteiger partial charge in [-0.05, 0) is 20.3 Å². The van der Waals surface area contributed by atoms with Gasteiger partial charge in [0.1, 0.15) is 0 Å². The van der Waals surface area contributed by atoms with E-state index in [1.54, 1.807) is 13.8 Å². The van der Waals surface area contributed by atoms with E-state index in [0.717, 1.165) is 6.42 Å². The number of nitrogens with zero attached hydrogens (tertiary/aromatic N) is 2. The van der Waals surface area contributed by atoms with Crippen molar-refractivity contribution in [3.63, 3.8) is 0 Å². The summed E-state index contributed by atoms with van der Waals surface area (Å²) in [4.78, 5) is 31.0. The molecular weight excluding hydrogens is 260 g/mol. The molecule has 2 heterocycles. The van der Waals surface area contributed by atoms with Gasteiger partial charge in [-0.25, -0.2) is 14.8 Å². The Hall–Kier alpha value is -2.18. The zero-order chi connectivity index (χ0) is 14.5. The van der Waals surface area contributed by atoms with Gasteiger partial charge < -0.3 is 15.4 Å². The van der Waals surface area contributed by atoms with Crippen LogP contribution in [0.4, 0.5) is 5.95 Å². The second-order valence-electron chi connectivity index (χ2n) is 4.60. The molecule has 0 radical (unpaired) electrons. The number of aromatic nitrogens is 2. The third-order valence-electron chi connectivity index (χ3n) is 3.07. The van der Waals surface area contributed by atoms with E-state index in [9.17, 15) is 9.59 Å². The van der Waals surface area contributed by atoms with Crippen LogP contribution in [0.25, 0.3) is 0 Å². The first-order valence-corrected chi connectivity index (χ1v) is 6.64. The Morgan fingerprint density at radius 2 is 2.40 bits per heavy atom. The second-order valence-corrected chi connectivity index (χ2v) is 4.60. The molecule has 7 heteroatoms. The van der Waals surface area contributed by atoms with Crippen LogP contribution in [0.1, 0.15) is 35.8 Å². The molecule has 0 aromatic carbocycles. The smallest absolute Gasteiger partial charge is 0.341 e. The maximum Gasteiger partial charge on any atom is 0.341 e. The van der Waals surface area contributed by atoms with Crippen molar-refractivity contribution in [2.24, 2.45) is 0 Å². The van der Waals surface area contributed by atoms with Crippen LogP contribution < -0.4 is 10.6 Å². The van der Waals surface area contributed by atoms with Gasteiger partial charge in [-0.2, -0.15) is 0 Å². The normalized spacial score (nSPS) is 17.7. The van der Waals surface area contributed by atoms with Crippen LogP contribution in [0.3, 0.4) is 0 Å². The maximum absolute atomic E-state index is 11.6. The lowest BCUT2D eigenvalue weighted by Gasteiger charge is -2.12. The number of nitrogens with one attached hydrogen (secondary N) is 2. The molecule has 1 fully saturated rings. The first-order chi connectivity index (χ1) is 9.60. The summed E-state index contributed by atoms with van der Waals surface area (Å²) in [5.41, 5.74) is 0.933. The van der Waals surface area contributed by atoms with Crippen molar-refractivity contribution < 1.29 is 14.3 Å². The average molecular weight is 278 g/mol. The van der Waals surface area contributed by atoms with Gasteiger partial charge in [0.25, 0.3) is 0 Å². The predicted octanol–water partition coefficient (Wildman–Crippen LogP) is 0.652. The van der Waals surface area contributed by atoms with Gasteiger partial charge in [0.2, 0.25) is 11.9 Å². The quantitative estimate of drug-likeness (QED) is 0.768. The average Bonchev–Trinajstić information content (AvgIpc) is 2.82. The van der Waals surface area contributed by atoms with E-state index >= 15 is 0 Å². The van der Waals surface area contributed by atoms with Crippen molar-refractivity contribution in [3.05, 3.63) is 17.5 Å². The summed E-state index contributed by atoms with van der Waals surface area (Å²) in [5, 5.41) is 5.91. The Bertz CT molecular complexity index is 518. The van der Waals surface area contributed by atoms with Crippen LogP contribution in [0, 0.1) is 6.92 Å². The summed E-state index contributed by atoms with van der Waals surface area (Å²) < 4.78 is 4.91. The lowest BCUT2D eigenvalue weighted by atomic mass is 10.2. The summed E-state index contributed by atoms with van der Waals surface area (Å²) in [7, 11) is 0. The molecule has 0 bridgehead atoms. The number of hydrogen-bond donors (Lipinski definition) is 2. The van der Waals surface area contributed by atoms with Crippen molar-refractivity contribution in [3.8, 4) is 0 Å². The van der Waals surface area contributed by atoms with Crippen LogP contribution in [-0.2, 0) is 9.53 Å². The first kappa shape index (κ1) is 14.2. The van der Waals surface area contributed by atoms with Crippen molar-refractivity contribution in [1.29, 1.82) is 0 Å². The van der Waals surface area contributed by atoms with E-state index in [4.69, 9.17) is 4.74 Å². The minimum atomic E-state index is -0.417. The standard InChI is InChI=1S/C13H18N4O3/c1-3-20-12(19)10-7-15-13(16-8(10)2)14-6-9-4-5-11(18)17-9/h7,9H,3-6H2,1-2H3,(H,17,18)(H,14,15,16). The molecule has 1 aromatic heterocycles. The molecule has 1 unspecified atom stereocenters. The molecule has 7 nitrogen and oxygen atoms in total. The lowest BCUT2D eigenvalue weighted by Crippen LogP contribution is -2.32. The van der Waals surface area contributed by atoms with Crippen LogP contribution in [0.2, 0.25) is 0 Å². The summed E-state index contributed by atoms with van der Waals surface area (Å²) in [5.74, 6) is 0.0999. The van der Waals surface area contributed by atoms with Gasteiger partial charge in [-0.1, -0.05) is 0 Å². The van der Waals surface area contributed by atoms with Crippen molar-refractivity contribution in [2.45, 2.75) is 32.7 Å². The number of ether oxygens (including phenoxy) is 1. The number of aryl methyl sites for hydroxylation is 1. The number of amides is 1. The molecule has 1 amide bonds. The molecule has 1 atom stereocenters. The fraction of sp³-hybridized carbons (Fsp3) is 0.538. The van der Waals surface area contributed by atoms with E-state index in [0.29, 0.717) is 36.8 Å². The molecule has 1 aliphatic rings. The Morgan fingerprint density at radius 3 is 3.00 bits per heavy atom. The van der Waals surface area contributed by atoms with Crippen LogP contribution in [0.5, 0.6) is 0 Å². The number of anilines is 1. The Balaban J connectivity index is 1.95. The van der Waals surface area contributed by atoms with Crippen molar-refractivity contribution in [1.82, 2.24) is 15.3 Å². The summed E-state index contributed by atoms with van der Waals surface area (Å²) in [6, 6.07) is 0.108. The number of carbonyl (C=O) groups excluding carboxylic acids is 2. The van der Waals surface area contributed by atoms with Crippen LogP contribution in [0.15, 0.2) is 6.20 Å². The van der Waals surface area contributed by atoms with E-state index in [1.165, 1.54) is 6.20 Å². The molecular formula is C13H18N4O3. The lowest BCUT2D eigenvalue weighted by molar-refractivity contribution is -0.119. The largest absolute Gasteiger partial charge is 0.462 e. The Labute approximate surface area is 117 Å². The molecule has 0 aliphatic carbocycles. The second kappa shape index (κ2) is 6.31. The summed E-state index contributed by atoms with van der Waals surface area (Å²) in [6.07, 6.45) is 2.83. The van der Waals surface area contributed by atoms with Gasteiger partial charge >= 0.3 is 5.97 Å². The van der Waals surface area contributed by atoms with Crippen LogP contribution in [-0.4, -0.2) is 41.0 Å². The van der Waals surface area contributed by atoms with Gasteiger partial charge in [0, 0.05) is 25.2 Å². The van der Waals surface area contributed by atoms with Gasteiger partial charge in [0.15, 0.2) is 0 Å². The van der Waals surface area contributed by atoms with E-state index in [-0.39, 0.29) is 11.9 Å². The monoisotopic (exact) mass is 278 g/mol. The first-order valence-electron chi connectivity index (χ1n) is 6.64. The highest BCUT2D eigenvalue weighted by atomic mass is 16.5. The van der Waals surface area contributed by atoms with Crippen LogP contribution >= 0.6 is 0 Å².